The quantitative estimate of drug-likeness (QED) is 0.638. The van der Waals surface area contributed by atoms with E-state index in [0.717, 1.165) is 37.7 Å². The molecule has 2 aromatic rings. The van der Waals surface area contributed by atoms with Crippen LogP contribution in [0.4, 0.5) is 0 Å². The van der Waals surface area contributed by atoms with E-state index in [2.05, 4.69) is 6.07 Å². The highest BCUT2D eigenvalue weighted by Crippen LogP contribution is 2.33. The Morgan fingerprint density at radius 3 is 2.89 bits per heavy atom. The number of aryl methyl sites for hydroxylation is 1. The maximum absolute atomic E-state index is 11.5. The molecule has 0 heterocycles. The van der Waals surface area contributed by atoms with Crippen LogP contribution < -0.4 is 4.74 Å². The molecule has 0 saturated heterocycles. The third-order valence-corrected chi connectivity index (χ3v) is 5.49. The van der Waals surface area contributed by atoms with Crippen molar-refractivity contribution in [3.63, 3.8) is 0 Å². The maximum Gasteiger partial charge on any atom is 0.344 e. The van der Waals surface area contributed by atoms with E-state index < -0.39 is 6.10 Å². The Kier molecular flexibility index (Phi) is 7.35. The SMILES string of the molecule is CCOC(=O)COc1ccc2c(c1)C[C@@H](CC[C@H](O)c1cccc(Cl)c1)CC2. The van der Waals surface area contributed by atoms with E-state index in [4.69, 9.17) is 21.1 Å². The summed E-state index contributed by atoms with van der Waals surface area (Å²) >= 11 is 6.02. The fourth-order valence-electron chi connectivity index (χ4n) is 3.76. The molecular formula is C23H27ClO4. The number of hydrogen-bond acceptors (Lipinski definition) is 4. The zero-order chi connectivity index (χ0) is 19.9. The predicted octanol–water partition coefficient (Wildman–Crippen LogP) is 4.90. The second-order valence-corrected chi connectivity index (χ2v) is 7.72. The molecule has 4 nitrogen and oxygen atoms in total. The van der Waals surface area contributed by atoms with Gasteiger partial charge in [-0.1, -0.05) is 29.8 Å². The van der Waals surface area contributed by atoms with Crippen LogP contribution in [-0.4, -0.2) is 24.3 Å². The van der Waals surface area contributed by atoms with Crippen molar-refractivity contribution in [1.29, 1.82) is 0 Å². The number of halogens is 1. The lowest BCUT2D eigenvalue weighted by atomic mass is 9.81. The second kappa shape index (κ2) is 9.94. The van der Waals surface area contributed by atoms with Crippen LogP contribution in [0.3, 0.4) is 0 Å². The average molecular weight is 403 g/mol. The number of fused-ring (bicyclic) bond motifs is 1. The molecule has 0 unspecified atom stereocenters. The van der Waals surface area contributed by atoms with Gasteiger partial charge in [0.1, 0.15) is 5.75 Å². The van der Waals surface area contributed by atoms with Crippen LogP contribution in [0.1, 0.15) is 49.0 Å². The van der Waals surface area contributed by atoms with E-state index in [1.165, 1.54) is 11.1 Å². The number of rotatable bonds is 8. The third-order valence-electron chi connectivity index (χ3n) is 5.25. The lowest BCUT2D eigenvalue weighted by Gasteiger charge is -2.26. The molecule has 0 bridgehead atoms. The van der Waals surface area contributed by atoms with Gasteiger partial charge in [0.2, 0.25) is 0 Å². The van der Waals surface area contributed by atoms with Crippen LogP contribution in [0.5, 0.6) is 5.75 Å². The molecule has 0 fully saturated rings. The van der Waals surface area contributed by atoms with Crippen molar-refractivity contribution < 1.29 is 19.4 Å². The summed E-state index contributed by atoms with van der Waals surface area (Å²) in [5.41, 5.74) is 3.49. The summed E-state index contributed by atoms with van der Waals surface area (Å²) in [4.78, 5) is 11.5. The number of ether oxygens (including phenoxy) is 2. The molecule has 150 valence electrons. The molecule has 0 spiro atoms. The molecule has 3 rings (SSSR count). The van der Waals surface area contributed by atoms with E-state index in [1.54, 1.807) is 6.92 Å². The standard InChI is InChI=1S/C23H27ClO4/c1-2-27-23(26)15-28-21-10-9-17-8-6-16(12-19(17)14-21)7-11-22(25)18-4-3-5-20(24)13-18/h3-5,9-10,13-14,16,22,25H,2,6-8,11-12,15H2,1H3/t16-,22+/m1/s1. The summed E-state index contributed by atoms with van der Waals surface area (Å²) in [6, 6.07) is 13.5. The molecule has 0 amide bonds. The molecule has 1 N–H and O–H groups in total. The summed E-state index contributed by atoms with van der Waals surface area (Å²) < 4.78 is 10.5. The van der Waals surface area contributed by atoms with Gasteiger partial charge in [-0.3, -0.25) is 0 Å². The molecule has 5 heteroatoms. The highest BCUT2D eigenvalue weighted by atomic mass is 35.5. The first-order valence-electron chi connectivity index (χ1n) is 9.89. The normalized spacial score (nSPS) is 16.9. The van der Waals surface area contributed by atoms with Gasteiger partial charge in [0.15, 0.2) is 6.61 Å². The molecule has 1 aliphatic carbocycles. The Morgan fingerprint density at radius 2 is 2.11 bits per heavy atom. The Morgan fingerprint density at radius 1 is 1.25 bits per heavy atom. The number of carbonyl (C=O) groups is 1. The number of benzene rings is 2. The van der Waals surface area contributed by atoms with Crippen molar-refractivity contribution in [2.45, 2.75) is 45.1 Å². The first-order chi connectivity index (χ1) is 13.5. The van der Waals surface area contributed by atoms with E-state index >= 15 is 0 Å². The second-order valence-electron chi connectivity index (χ2n) is 7.28. The van der Waals surface area contributed by atoms with Gasteiger partial charge in [0, 0.05) is 5.02 Å². The molecule has 0 aliphatic heterocycles. The highest BCUT2D eigenvalue weighted by molar-refractivity contribution is 6.30. The maximum atomic E-state index is 11.5. The zero-order valence-electron chi connectivity index (χ0n) is 16.2. The Hall–Kier alpha value is -2.04. The van der Waals surface area contributed by atoms with Gasteiger partial charge in [-0.2, -0.15) is 0 Å². The Labute approximate surface area is 171 Å². The fourth-order valence-corrected chi connectivity index (χ4v) is 3.96. The van der Waals surface area contributed by atoms with Crippen molar-refractivity contribution in [3.8, 4) is 5.75 Å². The number of aliphatic hydroxyl groups is 1. The summed E-state index contributed by atoms with van der Waals surface area (Å²) in [5, 5.41) is 11.1. The third kappa shape index (κ3) is 5.73. The minimum absolute atomic E-state index is 0.0676. The molecule has 0 radical (unpaired) electrons. The van der Waals surface area contributed by atoms with Crippen LogP contribution in [0.25, 0.3) is 0 Å². The predicted molar refractivity (Wildman–Crippen MR) is 110 cm³/mol. The first-order valence-corrected chi connectivity index (χ1v) is 10.3. The summed E-state index contributed by atoms with van der Waals surface area (Å²) in [7, 11) is 0. The van der Waals surface area contributed by atoms with Gasteiger partial charge in [-0.25, -0.2) is 4.79 Å². The summed E-state index contributed by atoms with van der Waals surface area (Å²) in [5.74, 6) is 0.876. The molecular weight excluding hydrogens is 376 g/mol. The van der Waals surface area contributed by atoms with E-state index in [0.29, 0.717) is 23.3 Å². The topological polar surface area (TPSA) is 55.8 Å². The van der Waals surface area contributed by atoms with Crippen molar-refractivity contribution in [1.82, 2.24) is 0 Å². The van der Waals surface area contributed by atoms with Crippen molar-refractivity contribution in [2.24, 2.45) is 5.92 Å². The van der Waals surface area contributed by atoms with Crippen molar-refractivity contribution in [2.75, 3.05) is 13.2 Å². The Bertz CT molecular complexity index is 805. The molecule has 2 atom stereocenters. The number of carbonyl (C=O) groups excluding carboxylic acids is 1. The van der Waals surface area contributed by atoms with E-state index in [-0.39, 0.29) is 12.6 Å². The lowest BCUT2D eigenvalue weighted by molar-refractivity contribution is -0.145. The van der Waals surface area contributed by atoms with Gasteiger partial charge >= 0.3 is 5.97 Å². The molecule has 2 aromatic carbocycles. The number of aliphatic hydroxyl groups excluding tert-OH is 1. The van der Waals surface area contributed by atoms with Crippen LogP contribution in [0.2, 0.25) is 5.02 Å². The van der Waals surface area contributed by atoms with Crippen LogP contribution >= 0.6 is 11.6 Å². The van der Waals surface area contributed by atoms with Gasteiger partial charge in [-0.15, -0.1) is 0 Å². The summed E-state index contributed by atoms with van der Waals surface area (Å²) in [6.07, 6.45) is 4.32. The van der Waals surface area contributed by atoms with Crippen LogP contribution in [-0.2, 0) is 22.4 Å². The van der Waals surface area contributed by atoms with Crippen LogP contribution in [0, 0.1) is 5.92 Å². The average Bonchev–Trinajstić information content (AvgIpc) is 2.70. The molecule has 0 aromatic heterocycles. The summed E-state index contributed by atoms with van der Waals surface area (Å²) in [6.45, 7) is 2.07. The minimum atomic E-state index is -0.487. The van der Waals surface area contributed by atoms with E-state index in [1.807, 2.05) is 36.4 Å². The number of esters is 1. The first kappa shape index (κ1) is 20.7. The minimum Gasteiger partial charge on any atom is -0.482 e. The largest absolute Gasteiger partial charge is 0.482 e. The van der Waals surface area contributed by atoms with Gasteiger partial charge < -0.3 is 14.6 Å². The van der Waals surface area contributed by atoms with Gasteiger partial charge in [0.05, 0.1) is 12.7 Å². The monoisotopic (exact) mass is 402 g/mol. The van der Waals surface area contributed by atoms with Gasteiger partial charge in [-0.05, 0) is 85.9 Å². The molecule has 1 aliphatic rings. The molecule has 0 saturated carbocycles. The van der Waals surface area contributed by atoms with E-state index in [9.17, 15) is 9.90 Å². The smallest absolute Gasteiger partial charge is 0.344 e. The zero-order valence-corrected chi connectivity index (χ0v) is 17.0. The van der Waals surface area contributed by atoms with Crippen molar-refractivity contribution in [3.05, 3.63) is 64.2 Å². The van der Waals surface area contributed by atoms with Crippen molar-refractivity contribution >= 4 is 17.6 Å². The highest BCUT2D eigenvalue weighted by Gasteiger charge is 2.21. The van der Waals surface area contributed by atoms with Gasteiger partial charge in [0.25, 0.3) is 0 Å². The molecule has 28 heavy (non-hydrogen) atoms. The number of hydrogen-bond donors (Lipinski definition) is 1. The lowest BCUT2D eigenvalue weighted by Crippen LogP contribution is -2.17. The fraction of sp³-hybridized carbons (Fsp3) is 0.435. The van der Waals surface area contributed by atoms with Crippen LogP contribution in [0.15, 0.2) is 42.5 Å². The Balaban J connectivity index is 1.54.